The molecule has 27 heavy (non-hydrogen) atoms. The number of ketones is 1. The van der Waals surface area contributed by atoms with Crippen molar-refractivity contribution in [2.24, 2.45) is 0 Å². The standard InChI is InChI=1S/C17H14O3S.Na.H2O4S.H/c1-10(17(19)20)11-6-7-15-12(8-11)9-14(18)13-4-2-3-5-16(13)21-15;;1-5(2,3)4;/h2-8,10H,9H2,1H3,(H,19,20);;(H2,1,2,3,4);/q;+1;;-1. The Morgan fingerprint density at radius 3 is 2.33 bits per heavy atom. The summed E-state index contributed by atoms with van der Waals surface area (Å²) < 4.78 is 31.6. The first-order chi connectivity index (χ1) is 12.1. The van der Waals surface area contributed by atoms with E-state index in [-0.39, 0.29) is 36.8 Å². The Kier molecular flexibility index (Phi) is 8.68. The molecule has 2 aromatic carbocycles. The molecule has 1 unspecified atom stereocenters. The number of carboxylic acids is 1. The molecule has 0 amide bonds. The predicted molar refractivity (Wildman–Crippen MR) is 96.4 cm³/mol. The van der Waals surface area contributed by atoms with E-state index in [0.717, 1.165) is 26.5 Å². The molecule has 2 aromatic rings. The maximum Gasteiger partial charge on any atom is 1.00 e. The molecule has 140 valence electrons. The summed E-state index contributed by atoms with van der Waals surface area (Å²) in [4.78, 5) is 25.4. The Morgan fingerprint density at radius 2 is 1.74 bits per heavy atom. The molecule has 0 spiro atoms. The van der Waals surface area contributed by atoms with Crippen molar-refractivity contribution in [2.45, 2.75) is 29.1 Å². The minimum Gasteiger partial charge on any atom is -1.00 e. The molecule has 0 aromatic heterocycles. The van der Waals surface area contributed by atoms with Crippen molar-refractivity contribution in [3.63, 3.8) is 0 Å². The molecule has 1 atom stereocenters. The number of rotatable bonds is 2. The molecule has 0 saturated carbocycles. The van der Waals surface area contributed by atoms with E-state index < -0.39 is 22.3 Å². The zero-order valence-corrected chi connectivity index (χ0v) is 18.3. The summed E-state index contributed by atoms with van der Waals surface area (Å²) >= 11 is 1.57. The van der Waals surface area contributed by atoms with Crippen LogP contribution in [0.3, 0.4) is 0 Å². The minimum atomic E-state index is -4.67. The number of aliphatic carboxylic acids is 1. The van der Waals surface area contributed by atoms with Crippen LogP contribution >= 0.6 is 11.8 Å². The van der Waals surface area contributed by atoms with Crippen molar-refractivity contribution in [2.75, 3.05) is 0 Å². The Hall–Kier alpha value is -1.20. The molecule has 0 bridgehead atoms. The van der Waals surface area contributed by atoms with Crippen LogP contribution in [0.2, 0.25) is 0 Å². The van der Waals surface area contributed by atoms with E-state index in [0.29, 0.717) is 6.42 Å². The molecule has 0 saturated heterocycles. The van der Waals surface area contributed by atoms with Crippen LogP contribution in [-0.4, -0.2) is 34.4 Å². The maximum atomic E-state index is 12.4. The smallest absolute Gasteiger partial charge is 1.00 e. The van der Waals surface area contributed by atoms with Gasteiger partial charge in [-0.15, -0.1) is 0 Å². The zero-order chi connectivity index (χ0) is 19.5. The summed E-state index contributed by atoms with van der Waals surface area (Å²) in [5, 5.41) is 9.12. The first-order valence-corrected chi connectivity index (χ1v) is 9.63. The average Bonchev–Trinajstić information content (AvgIpc) is 2.68. The van der Waals surface area contributed by atoms with Crippen LogP contribution in [0.15, 0.2) is 52.3 Å². The van der Waals surface area contributed by atoms with Crippen LogP contribution in [-0.2, 0) is 21.6 Å². The van der Waals surface area contributed by atoms with Gasteiger partial charge >= 0.3 is 45.9 Å². The summed E-state index contributed by atoms with van der Waals surface area (Å²) in [6, 6.07) is 13.2. The van der Waals surface area contributed by atoms with Gasteiger partial charge in [0.15, 0.2) is 5.78 Å². The van der Waals surface area contributed by atoms with E-state index in [1.807, 2.05) is 42.5 Å². The second-order valence-electron chi connectivity index (χ2n) is 5.57. The summed E-state index contributed by atoms with van der Waals surface area (Å²) in [5.41, 5.74) is 2.39. The van der Waals surface area contributed by atoms with Gasteiger partial charge in [0.05, 0.1) is 5.92 Å². The average molecular weight is 420 g/mol. The molecule has 0 radical (unpaired) electrons. The molecule has 1 aliphatic rings. The predicted octanol–water partition coefficient (Wildman–Crippen LogP) is 0.228. The van der Waals surface area contributed by atoms with Crippen LogP contribution in [0.25, 0.3) is 0 Å². The van der Waals surface area contributed by atoms with E-state index >= 15 is 0 Å². The van der Waals surface area contributed by atoms with Gasteiger partial charge in [-0.3, -0.25) is 18.7 Å². The summed E-state index contributed by atoms with van der Waals surface area (Å²) in [6.07, 6.45) is 0.319. The fourth-order valence-electron chi connectivity index (χ4n) is 2.42. The Morgan fingerprint density at radius 1 is 1.15 bits per heavy atom. The van der Waals surface area contributed by atoms with Gasteiger partial charge in [0.1, 0.15) is 0 Å². The number of fused-ring (bicyclic) bond motifs is 2. The zero-order valence-electron chi connectivity index (χ0n) is 15.6. The molecule has 10 heteroatoms. The Balaban J connectivity index is 0.000000934. The van der Waals surface area contributed by atoms with Gasteiger partial charge in [-0.1, -0.05) is 42.1 Å². The van der Waals surface area contributed by atoms with Crippen LogP contribution < -0.4 is 29.6 Å². The van der Waals surface area contributed by atoms with Crippen molar-refractivity contribution in [1.29, 1.82) is 0 Å². The molecule has 3 N–H and O–H groups in total. The van der Waals surface area contributed by atoms with Crippen LogP contribution in [0.5, 0.6) is 0 Å². The van der Waals surface area contributed by atoms with Crippen molar-refractivity contribution < 1.29 is 63.2 Å². The third-order valence-electron chi connectivity index (χ3n) is 3.71. The molecule has 3 rings (SSSR count). The molecule has 0 fully saturated rings. The normalized spacial score (nSPS) is 13.7. The second-order valence-corrected chi connectivity index (χ2v) is 7.55. The third kappa shape index (κ3) is 7.04. The quantitative estimate of drug-likeness (QED) is 0.465. The fourth-order valence-corrected chi connectivity index (χ4v) is 3.50. The number of hydrogen-bond acceptors (Lipinski definition) is 5. The third-order valence-corrected chi connectivity index (χ3v) is 4.91. The molecule has 1 heterocycles. The number of carbonyl (C=O) groups excluding carboxylic acids is 1. The number of carbonyl (C=O) groups is 2. The first-order valence-electron chi connectivity index (χ1n) is 7.42. The topological polar surface area (TPSA) is 129 Å². The Labute approximate surface area is 184 Å². The van der Waals surface area contributed by atoms with Gasteiger partial charge < -0.3 is 6.53 Å². The largest absolute Gasteiger partial charge is 1.00 e. The number of Topliss-reactive ketones (excluding diaryl/α,β-unsaturated/α-hetero) is 1. The maximum absolute atomic E-state index is 12.4. The first kappa shape index (κ1) is 23.8. The van der Waals surface area contributed by atoms with Gasteiger partial charge in [-0.25, -0.2) is 0 Å². The second kappa shape index (κ2) is 9.83. The van der Waals surface area contributed by atoms with E-state index in [1.165, 1.54) is 0 Å². The summed E-state index contributed by atoms with van der Waals surface area (Å²) in [5.74, 6) is -1.34. The molecular weight excluding hydrogens is 403 g/mol. The van der Waals surface area contributed by atoms with Crippen LogP contribution in [0, 0.1) is 0 Å². The van der Waals surface area contributed by atoms with Crippen molar-refractivity contribution in [3.05, 3.63) is 59.2 Å². The van der Waals surface area contributed by atoms with Crippen molar-refractivity contribution >= 4 is 33.9 Å². The number of hydrogen-bond donors (Lipinski definition) is 3. The van der Waals surface area contributed by atoms with Crippen LogP contribution in [0.1, 0.15) is 35.8 Å². The van der Waals surface area contributed by atoms with Gasteiger partial charge in [0.2, 0.25) is 0 Å². The molecule has 7 nitrogen and oxygen atoms in total. The van der Waals surface area contributed by atoms with Gasteiger partial charge in [0.25, 0.3) is 0 Å². The SMILES string of the molecule is CC(C(=O)O)c1ccc2c(c1)CC(=O)c1ccccc1S2.O=S(=O)(O)O.[H-].[Na+]. The van der Waals surface area contributed by atoms with E-state index in [9.17, 15) is 9.59 Å². The fraction of sp³-hybridized carbons (Fsp3) is 0.176. The van der Waals surface area contributed by atoms with Gasteiger partial charge in [-0.2, -0.15) is 8.42 Å². The van der Waals surface area contributed by atoms with Crippen LogP contribution in [0.4, 0.5) is 0 Å². The summed E-state index contributed by atoms with van der Waals surface area (Å²) in [7, 11) is -4.67. The molecule has 1 aliphatic heterocycles. The summed E-state index contributed by atoms with van der Waals surface area (Å²) in [6.45, 7) is 1.66. The monoisotopic (exact) mass is 420 g/mol. The molecule has 0 aliphatic carbocycles. The van der Waals surface area contributed by atoms with Gasteiger partial charge in [-0.05, 0) is 30.2 Å². The number of carboxylic acid groups (broad SMARTS) is 1. The van der Waals surface area contributed by atoms with E-state index in [4.69, 9.17) is 22.6 Å². The minimum absolute atomic E-state index is 0. The van der Waals surface area contributed by atoms with E-state index in [1.54, 1.807) is 18.7 Å². The van der Waals surface area contributed by atoms with Gasteiger partial charge in [0, 0.05) is 21.8 Å². The molecular formula is C17H17NaO7S2. The van der Waals surface area contributed by atoms with Crippen molar-refractivity contribution in [3.8, 4) is 0 Å². The Bertz CT molecular complexity index is 956. The number of benzene rings is 2. The van der Waals surface area contributed by atoms with Crippen molar-refractivity contribution in [1.82, 2.24) is 0 Å². The van der Waals surface area contributed by atoms with E-state index in [2.05, 4.69) is 0 Å².